The van der Waals surface area contributed by atoms with Crippen molar-refractivity contribution in [3.8, 4) is 5.75 Å². The third-order valence-electron chi connectivity index (χ3n) is 4.73. The van der Waals surface area contributed by atoms with Gasteiger partial charge in [-0.05, 0) is 56.0 Å². The van der Waals surface area contributed by atoms with Gasteiger partial charge in [-0.3, -0.25) is 0 Å². The first kappa shape index (κ1) is 19.0. The minimum absolute atomic E-state index is 0.276. The van der Waals surface area contributed by atoms with E-state index in [0.717, 1.165) is 49.8 Å². The zero-order valence-electron chi connectivity index (χ0n) is 16.2. The van der Waals surface area contributed by atoms with E-state index in [2.05, 4.69) is 51.5 Å². The number of rotatable bonds is 5. The Morgan fingerprint density at radius 2 is 2.07 bits per heavy atom. The molecule has 144 valence electrons. The van der Waals surface area contributed by atoms with Crippen molar-refractivity contribution in [1.82, 2.24) is 15.6 Å². The zero-order valence-corrected chi connectivity index (χ0v) is 16.2. The van der Waals surface area contributed by atoms with Crippen LogP contribution in [0.15, 0.2) is 47.6 Å². The van der Waals surface area contributed by atoms with Gasteiger partial charge in [-0.1, -0.05) is 18.2 Å². The smallest absolute Gasteiger partial charge is 0.191 e. The topological polar surface area (TPSA) is 72.8 Å². The fourth-order valence-electron chi connectivity index (χ4n) is 3.24. The molecule has 0 aliphatic carbocycles. The zero-order chi connectivity index (χ0) is 19.1. The molecule has 6 nitrogen and oxygen atoms in total. The van der Waals surface area contributed by atoms with Gasteiger partial charge < -0.3 is 20.6 Å². The standard InChI is InChI=1S/C21H29N5O/c1-3-22-21(24-15-17-5-4-6-19(27)13-17)25-18-9-11-26(12-10-18)20-8-7-16(2)14-23-20/h4-8,13-14,18,27H,3,9-12,15H2,1-2H3,(H2,22,24,25). The fourth-order valence-corrected chi connectivity index (χ4v) is 3.24. The average molecular weight is 367 g/mol. The monoisotopic (exact) mass is 367 g/mol. The van der Waals surface area contributed by atoms with Gasteiger partial charge >= 0.3 is 0 Å². The minimum atomic E-state index is 0.276. The second kappa shape index (κ2) is 9.26. The molecule has 1 aliphatic heterocycles. The van der Waals surface area contributed by atoms with Crippen LogP contribution in [0.3, 0.4) is 0 Å². The molecule has 1 saturated heterocycles. The Morgan fingerprint density at radius 3 is 2.74 bits per heavy atom. The number of aromatic hydroxyl groups is 1. The summed E-state index contributed by atoms with van der Waals surface area (Å²) in [7, 11) is 0. The van der Waals surface area contributed by atoms with E-state index in [0.29, 0.717) is 12.6 Å². The highest BCUT2D eigenvalue weighted by Crippen LogP contribution is 2.18. The van der Waals surface area contributed by atoms with Crippen molar-refractivity contribution in [2.75, 3.05) is 24.5 Å². The predicted octanol–water partition coefficient (Wildman–Crippen LogP) is 2.82. The molecule has 0 atom stereocenters. The third-order valence-corrected chi connectivity index (χ3v) is 4.73. The van der Waals surface area contributed by atoms with Crippen molar-refractivity contribution in [1.29, 1.82) is 0 Å². The molecule has 0 saturated carbocycles. The SMILES string of the molecule is CCNC(=NCc1cccc(O)c1)NC1CCN(c2ccc(C)cn2)CC1. The number of anilines is 1. The van der Waals surface area contributed by atoms with Gasteiger partial charge in [0.15, 0.2) is 5.96 Å². The summed E-state index contributed by atoms with van der Waals surface area (Å²) in [6.45, 7) is 7.45. The molecule has 1 aromatic heterocycles. The molecule has 0 bridgehead atoms. The summed E-state index contributed by atoms with van der Waals surface area (Å²) in [5.41, 5.74) is 2.18. The quantitative estimate of drug-likeness (QED) is 0.560. The summed E-state index contributed by atoms with van der Waals surface area (Å²) >= 11 is 0. The highest BCUT2D eigenvalue weighted by Gasteiger charge is 2.20. The molecule has 0 unspecified atom stereocenters. The number of aryl methyl sites for hydroxylation is 1. The van der Waals surface area contributed by atoms with Gasteiger partial charge in [0.25, 0.3) is 0 Å². The van der Waals surface area contributed by atoms with Gasteiger partial charge in [0.1, 0.15) is 11.6 Å². The molecule has 3 rings (SSSR count). The number of aliphatic imine (C=N–C) groups is 1. The van der Waals surface area contributed by atoms with Crippen molar-refractivity contribution in [2.45, 2.75) is 39.3 Å². The van der Waals surface area contributed by atoms with Crippen LogP contribution >= 0.6 is 0 Å². The van der Waals surface area contributed by atoms with E-state index in [1.807, 2.05) is 18.3 Å². The van der Waals surface area contributed by atoms with Crippen LogP contribution < -0.4 is 15.5 Å². The highest BCUT2D eigenvalue weighted by atomic mass is 16.3. The second-order valence-corrected chi connectivity index (χ2v) is 6.96. The first-order chi connectivity index (χ1) is 13.1. The van der Waals surface area contributed by atoms with Gasteiger partial charge in [-0.2, -0.15) is 0 Å². The maximum Gasteiger partial charge on any atom is 0.191 e. The number of pyridine rings is 1. The van der Waals surface area contributed by atoms with Crippen LogP contribution in [-0.2, 0) is 6.54 Å². The summed E-state index contributed by atoms with van der Waals surface area (Å²) in [5.74, 6) is 2.16. The summed E-state index contributed by atoms with van der Waals surface area (Å²) in [4.78, 5) is 11.5. The van der Waals surface area contributed by atoms with Crippen LogP contribution in [0.25, 0.3) is 0 Å². The van der Waals surface area contributed by atoms with Crippen LogP contribution in [-0.4, -0.2) is 41.7 Å². The third kappa shape index (κ3) is 5.61. The Bertz CT molecular complexity index is 751. The first-order valence-electron chi connectivity index (χ1n) is 9.64. The molecule has 27 heavy (non-hydrogen) atoms. The van der Waals surface area contributed by atoms with Gasteiger partial charge in [-0.15, -0.1) is 0 Å². The van der Waals surface area contributed by atoms with Crippen molar-refractivity contribution in [2.24, 2.45) is 4.99 Å². The van der Waals surface area contributed by atoms with E-state index in [1.165, 1.54) is 5.56 Å². The lowest BCUT2D eigenvalue weighted by Gasteiger charge is -2.33. The number of hydrogen-bond donors (Lipinski definition) is 3. The molecule has 2 heterocycles. The maximum atomic E-state index is 9.59. The number of hydrogen-bond acceptors (Lipinski definition) is 4. The highest BCUT2D eigenvalue weighted by molar-refractivity contribution is 5.80. The molecule has 0 radical (unpaired) electrons. The number of phenols is 1. The molecular formula is C21H29N5O. The maximum absolute atomic E-state index is 9.59. The van der Waals surface area contributed by atoms with Gasteiger partial charge in [-0.25, -0.2) is 9.98 Å². The van der Waals surface area contributed by atoms with E-state index in [1.54, 1.807) is 12.1 Å². The lowest BCUT2D eigenvalue weighted by molar-refractivity contribution is 0.459. The van der Waals surface area contributed by atoms with E-state index >= 15 is 0 Å². The van der Waals surface area contributed by atoms with Crippen molar-refractivity contribution in [3.05, 3.63) is 53.7 Å². The van der Waals surface area contributed by atoms with Crippen molar-refractivity contribution < 1.29 is 5.11 Å². The van der Waals surface area contributed by atoms with Crippen LogP contribution in [0.2, 0.25) is 0 Å². The number of aromatic nitrogens is 1. The van der Waals surface area contributed by atoms with E-state index in [4.69, 9.17) is 0 Å². The van der Waals surface area contributed by atoms with Gasteiger partial charge in [0.2, 0.25) is 0 Å². The van der Waals surface area contributed by atoms with Crippen LogP contribution in [0.4, 0.5) is 5.82 Å². The number of piperidine rings is 1. The lowest BCUT2D eigenvalue weighted by Crippen LogP contribution is -2.48. The number of nitrogens with zero attached hydrogens (tertiary/aromatic N) is 3. The van der Waals surface area contributed by atoms with Crippen molar-refractivity contribution >= 4 is 11.8 Å². The number of benzene rings is 1. The normalized spacial score (nSPS) is 15.6. The molecule has 1 aliphatic rings. The van der Waals surface area contributed by atoms with E-state index < -0.39 is 0 Å². The first-order valence-corrected chi connectivity index (χ1v) is 9.64. The van der Waals surface area contributed by atoms with Crippen LogP contribution in [0.1, 0.15) is 30.9 Å². The van der Waals surface area contributed by atoms with Gasteiger partial charge in [0.05, 0.1) is 6.54 Å². The average Bonchev–Trinajstić information content (AvgIpc) is 2.68. The van der Waals surface area contributed by atoms with Crippen LogP contribution in [0.5, 0.6) is 5.75 Å². The molecule has 3 N–H and O–H groups in total. The number of phenolic OH excluding ortho intramolecular Hbond substituents is 1. The van der Waals surface area contributed by atoms with Crippen LogP contribution in [0, 0.1) is 6.92 Å². The number of nitrogens with one attached hydrogen (secondary N) is 2. The van der Waals surface area contributed by atoms with E-state index in [-0.39, 0.29) is 5.75 Å². The lowest BCUT2D eigenvalue weighted by atomic mass is 10.1. The fraction of sp³-hybridized carbons (Fsp3) is 0.429. The molecule has 1 fully saturated rings. The summed E-state index contributed by atoms with van der Waals surface area (Å²) in [6.07, 6.45) is 4.02. The molecule has 0 spiro atoms. The summed E-state index contributed by atoms with van der Waals surface area (Å²) < 4.78 is 0. The largest absolute Gasteiger partial charge is 0.508 e. The van der Waals surface area contributed by atoms with Gasteiger partial charge in [0, 0.05) is 31.9 Å². The molecule has 2 aromatic rings. The Labute approximate surface area is 161 Å². The second-order valence-electron chi connectivity index (χ2n) is 6.96. The Balaban J connectivity index is 1.54. The predicted molar refractivity (Wildman–Crippen MR) is 110 cm³/mol. The minimum Gasteiger partial charge on any atom is -0.508 e. The molecular weight excluding hydrogens is 338 g/mol. The molecule has 1 aromatic carbocycles. The molecule has 0 amide bonds. The summed E-state index contributed by atoms with van der Waals surface area (Å²) in [5, 5.41) is 16.5. The van der Waals surface area contributed by atoms with E-state index in [9.17, 15) is 5.11 Å². The van der Waals surface area contributed by atoms with Crippen molar-refractivity contribution in [3.63, 3.8) is 0 Å². The Kier molecular flexibility index (Phi) is 6.52. The Hall–Kier alpha value is -2.76. The number of guanidine groups is 1. The Morgan fingerprint density at radius 1 is 1.26 bits per heavy atom. The molecule has 6 heteroatoms. The summed E-state index contributed by atoms with van der Waals surface area (Å²) in [6, 6.07) is 11.9.